The molecule has 2 aromatic carbocycles. The van der Waals surface area contributed by atoms with Gasteiger partial charge in [-0.15, -0.1) is 10.2 Å². The van der Waals surface area contributed by atoms with Crippen molar-refractivity contribution in [2.45, 2.75) is 26.7 Å². The highest BCUT2D eigenvalue weighted by atomic mass is 19.3. The molecule has 1 N–H and O–H groups in total. The summed E-state index contributed by atoms with van der Waals surface area (Å²) in [6.07, 6.45) is -5.99. The number of nitrogens with one attached hydrogen (secondary N) is 1. The van der Waals surface area contributed by atoms with Gasteiger partial charge in [-0.2, -0.15) is 17.6 Å². The highest BCUT2D eigenvalue weighted by Gasteiger charge is 2.18. The number of benzene rings is 2. The molecule has 0 aliphatic carbocycles. The van der Waals surface area contributed by atoms with Crippen LogP contribution in [0, 0.1) is 25.5 Å². The molecule has 0 radical (unpaired) electrons. The molecule has 12 heteroatoms. The van der Waals surface area contributed by atoms with Gasteiger partial charge >= 0.3 is 12.9 Å². The van der Waals surface area contributed by atoms with Crippen molar-refractivity contribution in [1.82, 2.24) is 15.5 Å². The van der Waals surface area contributed by atoms with E-state index in [1.807, 2.05) is 0 Å². The number of aryl methyl sites for hydroxylation is 2. The van der Waals surface area contributed by atoms with Gasteiger partial charge in [0.1, 0.15) is 11.6 Å². The number of rotatable bonds is 6. The monoisotopic (exact) mass is 473 g/mol. The quantitative estimate of drug-likeness (QED) is 0.410. The Balaban J connectivity index is 0.000000234. The Bertz CT molecular complexity index is 1130. The van der Waals surface area contributed by atoms with Crippen LogP contribution in [-0.2, 0) is 4.79 Å². The predicted octanol–water partition coefficient (Wildman–Crippen LogP) is 4.82. The molecular formula is C21H17F6N3O3. The van der Waals surface area contributed by atoms with Crippen LogP contribution in [0.5, 0.6) is 0 Å². The van der Waals surface area contributed by atoms with E-state index in [1.165, 1.54) is 31.2 Å². The van der Waals surface area contributed by atoms with E-state index in [-0.39, 0.29) is 17.0 Å². The molecule has 6 nitrogen and oxygen atoms in total. The van der Waals surface area contributed by atoms with Crippen molar-refractivity contribution in [3.8, 4) is 11.5 Å². The number of amides is 1. The van der Waals surface area contributed by atoms with Crippen LogP contribution in [0.3, 0.4) is 0 Å². The van der Waals surface area contributed by atoms with Crippen LogP contribution in [-0.4, -0.2) is 34.9 Å². The Kier molecular flexibility index (Phi) is 8.71. The van der Waals surface area contributed by atoms with Gasteiger partial charge in [0.05, 0.1) is 6.54 Å². The zero-order valence-electron chi connectivity index (χ0n) is 17.2. The fourth-order valence-corrected chi connectivity index (χ4v) is 2.28. The van der Waals surface area contributed by atoms with Gasteiger partial charge in [0.15, 0.2) is 5.78 Å². The fourth-order valence-electron chi connectivity index (χ4n) is 2.28. The molecule has 0 bridgehead atoms. The van der Waals surface area contributed by atoms with Gasteiger partial charge < -0.3 is 9.73 Å². The molecule has 33 heavy (non-hydrogen) atoms. The predicted molar refractivity (Wildman–Crippen MR) is 104 cm³/mol. The Labute approximate surface area is 183 Å². The second kappa shape index (κ2) is 11.2. The first-order valence-electron chi connectivity index (χ1n) is 9.23. The molecule has 3 aromatic rings. The van der Waals surface area contributed by atoms with Crippen LogP contribution >= 0.6 is 0 Å². The van der Waals surface area contributed by atoms with Gasteiger partial charge in [-0.05, 0) is 43.2 Å². The van der Waals surface area contributed by atoms with Gasteiger partial charge in [-0.1, -0.05) is 18.2 Å². The number of Topliss-reactive ketones (excluding diaryl/α,β-unsaturated/α-hetero) is 1. The van der Waals surface area contributed by atoms with Gasteiger partial charge in [-0.3, -0.25) is 9.59 Å². The number of hydrogen-bond acceptors (Lipinski definition) is 5. The summed E-state index contributed by atoms with van der Waals surface area (Å²) in [6, 6.07) is 7.98. The average Bonchev–Trinajstić information content (AvgIpc) is 3.26. The molecule has 1 amide bonds. The highest BCUT2D eigenvalue weighted by Crippen LogP contribution is 2.24. The van der Waals surface area contributed by atoms with Gasteiger partial charge in [0, 0.05) is 11.1 Å². The molecule has 1 aromatic heterocycles. The number of ketones is 1. The van der Waals surface area contributed by atoms with E-state index in [0.717, 1.165) is 12.1 Å². The maximum atomic E-state index is 13.2. The zero-order chi connectivity index (χ0) is 24.7. The first kappa shape index (κ1) is 25.6. The lowest BCUT2D eigenvalue weighted by molar-refractivity contribution is -0.131. The fraction of sp³-hybridized carbons (Fsp3) is 0.238. The van der Waals surface area contributed by atoms with Crippen molar-refractivity contribution < 1.29 is 40.3 Å². The number of carbonyl (C=O) groups excluding carboxylic acids is 2. The molecule has 0 aliphatic rings. The summed E-state index contributed by atoms with van der Waals surface area (Å²) >= 11 is 0. The maximum absolute atomic E-state index is 13.2. The molecule has 3 rings (SSSR count). The third-order valence-electron chi connectivity index (χ3n) is 4.16. The van der Waals surface area contributed by atoms with Crippen molar-refractivity contribution in [2.24, 2.45) is 0 Å². The number of aromatic nitrogens is 2. The summed E-state index contributed by atoms with van der Waals surface area (Å²) in [5, 5.41) is 8.32. The summed E-state index contributed by atoms with van der Waals surface area (Å²) < 4.78 is 79.0. The van der Waals surface area contributed by atoms with Crippen molar-refractivity contribution in [2.75, 3.05) is 6.54 Å². The maximum Gasteiger partial charge on any atom is 0.315 e. The summed E-state index contributed by atoms with van der Waals surface area (Å²) in [5.74, 6) is -4.04. The summed E-state index contributed by atoms with van der Waals surface area (Å²) in [7, 11) is 0. The lowest BCUT2D eigenvalue weighted by atomic mass is 10.1. The Morgan fingerprint density at radius 3 is 2.06 bits per heavy atom. The first-order chi connectivity index (χ1) is 15.5. The zero-order valence-corrected chi connectivity index (χ0v) is 17.2. The first-order valence-corrected chi connectivity index (χ1v) is 9.23. The average molecular weight is 473 g/mol. The lowest BCUT2D eigenvalue weighted by Crippen LogP contribution is -2.34. The Hall–Kier alpha value is -3.70. The third-order valence-corrected chi connectivity index (χ3v) is 4.16. The molecule has 0 unspecified atom stereocenters. The van der Waals surface area contributed by atoms with Crippen molar-refractivity contribution in [3.05, 3.63) is 70.6 Å². The number of halogens is 6. The summed E-state index contributed by atoms with van der Waals surface area (Å²) in [4.78, 5) is 21.9. The normalized spacial score (nSPS) is 10.7. The molecule has 0 saturated heterocycles. The third kappa shape index (κ3) is 7.16. The Morgan fingerprint density at radius 2 is 1.55 bits per heavy atom. The van der Waals surface area contributed by atoms with E-state index >= 15 is 0 Å². The van der Waals surface area contributed by atoms with Crippen molar-refractivity contribution in [3.63, 3.8) is 0 Å². The topological polar surface area (TPSA) is 85.1 Å². The van der Waals surface area contributed by atoms with Crippen molar-refractivity contribution >= 4 is 11.7 Å². The molecule has 0 atom stereocenters. The lowest BCUT2D eigenvalue weighted by Gasteiger charge is -2.04. The number of nitrogens with zero attached hydrogens (tertiary/aromatic N) is 2. The van der Waals surface area contributed by atoms with Crippen LogP contribution in [0.2, 0.25) is 0 Å². The summed E-state index contributed by atoms with van der Waals surface area (Å²) in [5.41, 5.74) is 1.14. The highest BCUT2D eigenvalue weighted by molar-refractivity contribution is 5.99. The molecule has 176 valence electrons. The van der Waals surface area contributed by atoms with Crippen LogP contribution in [0.1, 0.15) is 33.8 Å². The molecular weight excluding hydrogens is 456 g/mol. The second-order valence-corrected chi connectivity index (χ2v) is 6.62. The molecule has 0 spiro atoms. The minimum Gasteiger partial charge on any atom is -0.415 e. The van der Waals surface area contributed by atoms with Gasteiger partial charge in [0.2, 0.25) is 5.89 Å². The van der Waals surface area contributed by atoms with Crippen LogP contribution in [0.25, 0.3) is 11.5 Å². The molecule has 0 fully saturated rings. The Morgan fingerprint density at radius 1 is 0.939 bits per heavy atom. The largest absolute Gasteiger partial charge is 0.415 e. The minimum atomic E-state index is -3.17. The number of carbonyl (C=O) groups is 2. The smallest absolute Gasteiger partial charge is 0.315 e. The van der Waals surface area contributed by atoms with Crippen LogP contribution in [0.15, 0.2) is 40.8 Å². The van der Waals surface area contributed by atoms with Gasteiger partial charge in [0.25, 0.3) is 11.8 Å². The molecule has 0 aliphatic heterocycles. The molecule has 1 heterocycles. The number of alkyl halides is 4. The van der Waals surface area contributed by atoms with Crippen LogP contribution < -0.4 is 5.32 Å². The van der Waals surface area contributed by atoms with E-state index in [1.54, 1.807) is 12.2 Å². The van der Waals surface area contributed by atoms with E-state index < -0.39 is 48.6 Å². The SMILES string of the molecule is Cc1ccc(-c2nnc(C(F)F)o2)cc1F.Cc1ccc(C(=O)CNC(=O)C(F)F)cc1F. The standard InChI is InChI=1S/C11H10F3NO2.C10H7F3N2O/c1-6-2-3-7(4-8(6)12)9(16)5-15-11(17)10(13)14;1-5-2-3-6(4-7(5)11)9-14-15-10(16-9)8(12)13/h2-4,10H,5H2,1H3,(H,15,17);2-4,8H,1H3. The molecule has 0 saturated carbocycles. The number of hydrogen-bond donors (Lipinski definition) is 1. The van der Waals surface area contributed by atoms with E-state index in [9.17, 15) is 35.9 Å². The van der Waals surface area contributed by atoms with E-state index in [2.05, 4.69) is 14.6 Å². The van der Waals surface area contributed by atoms with Crippen LogP contribution in [0.4, 0.5) is 26.3 Å². The van der Waals surface area contributed by atoms with E-state index in [0.29, 0.717) is 11.1 Å². The summed E-state index contributed by atoms with van der Waals surface area (Å²) in [6.45, 7) is 2.55. The van der Waals surface area contributed by atoms with Crippen molar-refractivity contribution in [1.29, 1.82) is 0 Å². The van der Waals surface area contributed by atoms with Gasteiger partial charge in [-0.25, -0.2) is 8.78 Å². The second-order valence-electron chi connectivity index (χ2n) is 6.62. The minimum absolute atomic E-state index is 0.0302. The van der Waals surface area contributed by atoms with E-state index in [4.69, 9.17) is 0 Å².